The molecule has 0 aliphatic heterocycles. The first-order valence-corrected chi connectivity index (χ1v) is 6.27. The van der Waals surface area contributed by atoms with Crippen LogP contribution >= 0.6 is 0 Å². The third kappa shape index (κ3) is 3.68. The molecule has 0 unspecified atom stereocenters. The van der Waals surface area contributed by atoms with Crippen molar-refractivity contribution in [1.29, 1.82) is 0 Å². The van der Waals surface area contributed by atoms with E-state index in [9.17, 15) is 8.78 Å². The quantitative estimate of drug-likeness (QED) is 0.351. The second-order valence-electron chi connectivity index (χ2n) is 4.64. The van der Waals surface area contributed by atoms with Crippen LogP contribution in [0.25, 0.3) is 0 Å². The molecular weight excluding hydrogens is 276 g/mol. The van der Waals surface area contributed by atoms with E-state index in [1.54, 1.807) is 12.1 Å². The molecule has 2 rings (SSSR count). The Balaban J connectivity index is 2.13. The molecule has 0 bridgehead atoms. The molecule has 0 aromatic heterocycles. The van der Waals surface area contributed by atoms with Crippen molar-refractivity contribution < 1.29 is 14.0 Å². The summed E-state index contributed by atoms with van der Waals surface area (Å²) in [6, 6.07) is 8.57. The van der Waals surface area contributed by atoms with Crippen LogP contribution < -0.4 is 11.1 Å². The van der Waals surface area contributed by atoms with Crippen LogP contribution in [-0.2, 0) is 6.54 Å². The molecule has 0 saturated heterocycles. The zero-order valence-corrected chi connectivity index (χ0v) is 11.4. The Morgan fingerprint density at radius 1 is 1.19 bits per heavy atom. The topological polar surface area (TPSA) is 70.6 Å². The summed E-state index contributed by atoms with van der Waals surface area (Å²) in [7, 11) is 0. The summed E-state index contributed by atoms with van der Waals surface area (Å²) in [5.74, 6) is -1.22. The van der Waals surface area contributed by atoms with Gasteiger partial charge in [-0.1, -0.05) is 17.3 Å². The fourth-order valence-electron chi connectivity index (χ4n) is 1.96. The summed E-state index contributed by atoms with van der Waals surface area (Å²) in [5.41, 5.74) is 8.35. The van der Waals surface area contributed by atoms with E-state index in [1.807, 2.05) is 13.0 Å². The lowest BCUT2D eigenvalue weighted by atomic mass is 10.0. The van der Waals surface area contributed by atoms with Crippen LogP contribution in [0.1, 0.15) is 16.7 Å². The molecule has 4 N–H and O–H groups in total. The minimum atomic E-state index is -0.628. The molecule has 4 nitrogen and oxygen atoms in total. The average Bonchev–Trinajstić information content (AvgIpc) is 2.44. The average molecular weight is 291 g/mol. The van der Waals surface area contributed by atoms with Gasteiger partial charge in [0.2, 0.25) is 0 Å². The molecule has 21 heavy (non-hydrogen) atoms. The minimum Gasteiger partial charge on any atom is -0.409 e. The Kier molecular flexibility index (Phi) is 4.37. The molecule has 0 aliphatic rings. The van der Waals surface area contributed by atoms with Gasteiger partial charge in [-0.05, 0) is 36.2 Å². The molecule has 2 aromatic rings. The highest BCUT2D eigenvalue weighted by atomic mass is 19.1. The molecule has 0 atom stereocenters. The van der Waals surface area contributed by atoms with Gasteiger partial charge in [0.25, 0.3) is 0 Å². The Morgan fingerprint density at radius 3 is 2.43 bits per heavy atom. The van der Waals surface area contributed by atoms with Crippen molar-refractivity contribution in [3.63, 3.8) is 0 Å². The molecule has 0 aliphatic carbocycles. The molecule has 0 saturated carbocycles. The number of hydrogen-bond donors (Lipinski definition) is 3. The van der Waals surface area contributed by atoms with E-state index in [0.29, 0.717) is 17.8 Å². The maximum atomic E-state index is 13.1. The number of benzene rings is 2. The lowest BCUT2D eigenvalue weighted by Gasteiger charge is -2.11. The Hall–Kier alpha value is -2.63. The largest absolute Gasteiger partial charge is 0.409 e. The van der Waals surface area contributed by atoms with Gasteiger partial charge in [0, 0.05) is 23.9 Å². The number of aryl methyl sites for hydroxylation is 1. The van der Waals surface area contributed by atoms with Gasteiger partial charge < -0.3 is 16.3 Å². The standard InChI is InChI=1S/C15H15F2N3O/c1-9-4-10(15(18)20-21)2-3-11(9)8-19-14-6-12(16)5-13(17)7-14/h2-7,19,21H,8H2,1H3,(H2,18,20). The monoisotopic (exact) mass is 291 g/mol. The molecule has 0 radical (unpaired) electrons. The maximum absolute atomic E-state index is 13.1. The molecule has 110 valence electrons. The number of halogens is 2. The Morgan fingerprint density at radius 2 is 1.86 bits per heavy atom. The summed E-state index contributed by atoms with van der Waals surface area (Å²) >= 11 is 0. The second-order valence-corrected chi connectivity index (χ2v) is 4.64. The van der Waals surface area contributed by atoms with Gasteiger partial charge in [-0.3, -0.25) is 0 Å². The van der Waals surface area contributed by atoms with Gasteiger partial charge in [0.1, 0.15) is 11.6 Å². The minimum absolute atomic E-state index is 0.0322. The SMILES string of the molecule is Cc1cc(/C(N)=N/O)ccc1CNc1cc(F)cc(F)c1. The highest BCUT2D eigenvalue weighted by Gasteiger charge is 2.05. The van der Waals surface area contributed by atoms with E-state index in [4.69, 9.17) is 10.9 Å². The number of anilines is 1. The van der Waals surface area contributed by atoms with E-state index >= 15 is 0 Å². The molecule has 0 spiro atoms. The molecule has 0 heterocycles. The molecule has 2 aromatic carbocycles. The first kappa shape index (κ1) is 14.8. The van der Waals surface area contributed by atoms with Crippen molar-refractivity contribution >= 4 is 11.5 Å². The van der Waals surface area contributed by atoms with Crippen molar-refractivity contribution in [2.24, 2.45) is 10.9 Å². The number of nitrogens with one attached hydrogen (secondary N) is 1. The normalized spacial score (nSPS) is 11.5. The number of amidine groups is 1. The number of hydrogen-bond acceptors (Lipinski definition) is 3. The summed E-state index contributed by atoms with van der Waals surface area (Å²) < 4.78 is 26.2. The van der Waals surface area contributed by atoms with E-state index in [1.165, 1.54) is 12.1 Å². The van der Waals surface area contributed by atoms with Crippen LogP contribution in [0.2, 0.25) is 0 Å². The Bertz CT molecular complexity index is 666. The van der Waals surface area contributed by atoms with Crippen LogP contribution in [0.5, 0.6) is 0 Å². The lowest BCUT2D eigenvalue weighted by molar-refractivity contribution is 0.318. The van der Waals surface area contributed by atoms with Crippen LogP contribution in [0, 0.1) is 18.6 Å². The highest BCUT2D eigenvalue weighted by molar-refractivity contribution is 5.97. The van der Waals surface area contributed by atoms with Gasteiger partial charge in [-0.15, -0.1) is 0 Å². The van der Waals surface area contributed by atoms with Crippen LogP contribution in [0.3, 0.4) is 0 Å². The molecule has 0 amide bonds. The summed E-state index contributed by atoms with van der Waals surface area (Å²) in [6.45, 7) is 2.28. The van der Waals surface area contributed by atoms with Crippen molar-refractivity contribution in [2.45, 2.75) is 13.5 Å². The second kappa shape index (κ2) is 6.21. The van der Waals surface area contributed by atoms with Gasteiger partial charge >= 0.3 is 0 Å². The lowest BCUT2D eigenvalue weighted by Crippen LogP contribution is -2.13. The third-order valence-electron chi connectivity index (χ3n) is 3.09. The van der Waals surface area contributed by atoms with E-state index in [2.05, 4.69) is 10.5 Å². The van der Waals surface area contributed by atoms with Gasteiger partial charge in [-0.25, -0.2) is 8.78 Å². The smallest absolute Gasteiger partial charge is 0.170 e. The molecule has 6 heteroatoms. The van der Waals surface area contributed by atoms with Gasteiger partial charge in [-0.2, -0.15) is 0 Å². The number of nitrogens with two attached hydrogens (primary N) is 1. The van der Waals surface area contributed by atoms with Crippen molar-refractivity contribution in [3.05, 3.63) is 64.7 Å². The van der Waals surface area contributed by atoms with E-state index < -0.39 is 11.6 Å². The first-order chi connectivity index (χ1) is 9.99. The van der Waals surface area contributed by atoms with Gasteiger partial charge in [0.15, 0.2) is 5.84 Å². The van der Waals surface area contributed by atoms with Crippen molar-refractivity contribution in [1.82, 2.24) is 0 Å². The predicted molar refractivity (Wildman–Crippen MR) is 77.4 cm³/mol. The van der Waals surface area contributed by atoms with E-state index in [0.717, 1.165) is 17.2 Å². The summed E-state index contributed by atoms with van der Waals surface area (Å²) in [5, 5.41) is 14.5. The zero-order chi connectivity index (χ0) is 15.4. The number of rotatable bonds is 4. The van der Waals surface area contributed by atoms with Crippen LogP contribution in [-0.4, -0.2) is 11.0 Å². The maximum Gasteiger partial charge on any atom is 0.170 e. The van der Waals surface area contributed by atoms with Crippen molar-refractivity contribution in [3.8, 4) is 0 Å². The highest BCUT2D eigenvalue weighted by Crippen LogP contribution is 2.16. The van der Waals surface area contributed by atoms with Crippen LogP contribution in [0.4, 0.5) is 14.5 Å². The van der Waals surface area contributed by atoms with Gasteiger partial charge in [0.05, 0.1) is 0 Å². The number of nitrogens with zero attached hydrogens (tertiary/aromatic N) is 1. The number of oxime groups is 1. The first-order valence-electron chi connectivity index (χ1n) is 6.27. The fourth-order valence-corrected chi connectivity index (χ4v) is 1.96. The molecular formula is C15H15F2N3O. The zero-order valence-electron chi connectivity index (χ0n) is 11.4. The predicted octanol–water partition coefficient (Wildman–Crippen LogP) is 2.98. The van der Waals surface area contributed by atoms with Crippen LogP contribution in [0.15, 0.2) is 41.6 Å². The van der Waals surface area contributed by atoms with Crippen molar-refractivity contribution in [2.75, 3.05) is 5.32 Å². The molecule has 0 fully saturated rings. The Labute approximate surface area is 120 Å². The van der Waals surface area contributed by atoms with E-state index in [-0.39, 0.29) is 5.84 Å². The third-order valence-corrected chi connectivity index (χ3v) is 3.09. The fraction of sp³-hybridized carbons (Fsp3) is 0.133. The summed E-state index contributed by atoms with van der Waals surface area (Å²) in [4.78, 5) is 0. The summed E-state index contributed by atoms with van der Waals surface area (Å²) in [6.07, 6.45) is 0.